The molecule has 0 atom stereocenters. The summed E-state index contributed by atoms with van der Waals surface area (Å²) in [6, 6.07) is 0. The molecule has 0 aromatic rings. The van der Waals surface area contributed by atoms with Crippen LogP contribution in [0.25, 0.3) is 0 Å². The minimum atomic E-state index is 0.302. The second-order valence-electron chi connectivity index (χ2n) is 4.38. The largest absolute Gasteiger partial charge is 0.409 e. The number of hydrogen-bond donors (Lipinski definition) is 2. The van der Waals surface area contributed by atoms with Crippen LogP contribution in [-0.2, 0) is 4.74 Å². The zero-order chi connectivity index (χ0) is 12.4. The van der Waals surface area contributed by atoms with Gasteiger partial charge in [-0.05, 0) is 18.9 Å². The van der Waals surface area contributed by atoms with Crippen molar-refractivity contribution in [1.82, 2.24) is 4.90 Å². The van der Waals surface area contributed by atoms with Crippen LogP contribution in [0.3, 0.4) is 0 Å². The maximum Gasteiger partial charge on any atom is 0.139 e. The first-order chi connectivity index (χ1) is 7.60. The Bertz CT molecular complexity index is 196. The summed E-state index contributed by atoms with van der Waals surface area (Å²) in [7, 11) is 1.71. The van der Waals surface area contributed by atoms with Crippen molar-refractivity contribution < 1.29 is 9.94 Å². The van der Waals surface area contributed by atoms with E-state index in [2.05, 4.69) is 23.9 Å². The van der Waals surface area contributed by atoms with Gasteiger partial charge in [-0.3, -0.25) is 0 Å². The van der Waals surface area contributed by atoms with E-state index in [1.165, 1.54) is 0 Å². The Hall–Kier alpha value is -0.810. The number of rotatable bonds is 9. The second kappa shape index (κ2) is 9.42. The zero-order valence-electron chi connectivity index (χ0n) is 10.6. The van der Waals surface area contributed by atoms with E-state index in [4.69, 9.17) is 15.7 Å². The van der Waals surface area contributed by atoms with Crippen LogP contribution in [0.4, 0.5) is 0 Å². The van der Waals surface area contributed by atoms with Crippen LogP contribution in [0.15, 0.2) is 5.16 Å². The maximum absolute atomic E-state index is 8.42. The third-order valence-electron chi connectivity index (χ3n) is 2.27. The smallest absolute Gasteiger partial charge is 0.139 e. The fourth-order valence-electron chi connectivity index (χ4n) is 1.56. The molecule has 5 nitrogen and oxygen atoms in total. The van der Waals surface area contributed by atoms with Gasteiger partial charge in [-0.25, -0.2) is 0 Å². The molecule has 0 bridgehead atoms. The van der Waals surface area contributed by atoms with E-state index in [-0.39, 0.29) is 0 Å². The fraction of sp³-hybridized carbons (Fsp3) is 0.909. The Morgan fingerprint density at radius 2 is 2.12 bits per heavy atom. The second-order valence-corrected chi connectivity index (χ2v) is 4.38. The van der Waals surface area contributed by atoms with E-state index >= 15 is 0 Å². The SMILES string of the molecule is COCCN(CCCC(N)=NO)CC(C)C. The third kappa shape index (κ3) is 8.49. The average molecular weight is 231 g/mol. The number of nitrogens with zero attached hydrogens (tertiary/aromatic N) is 2. The van der Waals surface area contributed by atoms with E-state index in [9.17, 15) is 0 Å². The van der Waals surface area contributed by atoms with Gasteiger partial charge in [0.15, 0.2) is 0 Å². The first-order valence-corrected chi connectivity index (χ1v) is 5.77. The van der Waals surface area contributed by atoms with Crippen LogP contribution in [-0.4, -0.2) is 49.3 Å². The van der Waals surface area contributed by atoms with E-state index < -0.39 is 0 Å². The monoisotopic (exact) mass is 231 g/mol. The van der Waals surface area contributed by atoms with Crippen molar-refractivity contribution >= 4 is 5.84 Å². The van der Waals surface area contributed by atoms with Gasteiger partial charge in [0, 0.05) is 26.6 Å². The Kier molecular flexibility index (Phi) is 8.94. The van der Waals surface area contributed by atoms with Crippen molar-refractivity contribution in [3.8, 4) is 0 Å². The molecular weight excluding hydrogens is 206 g/mol. The van der Waals surface area contributed by atoms with E-state index in [1.807, 2.05) is 0 Å². The molecule has 0 aromatic carbocycles. The molecule has 16 heavy (non-hydrogen) atoms. The van der Waals surface area contributed by atoms with Crippen molar-refractivity contribution in [2.24, 2.45) is 16.8 Å². The molecule has 0 saturated heterocycles. The topological polar surface area (TPSA) is 71.1 Å². The number of methoxy groups -OCH3 is 1. The highest BCUT2D eigenvalue weighted by molar-refractivity contribution is 5.79. The van der Waals surface area contributed by atoms with Gasteiger partial charge in [0.1, 0.15) is 5.84 Å². The molecule has 0 fully saturated rings. The van der Waals surface area contributed by atoms with Gasteiger partial charge in [-0.1, -0.05) is 19.0 Å². The molecule has 0 aliphatic heterocycles. The summed E-state index contributed by atoms with van der Waals surface area (Å²) in [4.78, 5) is 2.35. The fourth-order valence-corrected chi connectivity index (χ4v) is 1.56. The van der Waals surface area contributed by atoms with E-state index in [1.54, 1.807) is 7.11 Å². The van der Waals surface area contributed by atoms with E-state index in [0.29, 0.717) is 18.2 Å². The summed E-state index contributed by atoms with van der Waals surface area (Å²) in [6.45, 7) is 8.09. The number of amidine groups is 1. The van der Waals surface area contributed by atoms with Crippen LogP contribution in [0.2, 0.25) is 0 Å². The molecule has 5 heteroatoms. The minimum absolute atomic E-state index is 0.302. The molecule has 0 heterocycles. The van der Waals surface area contributed by atoms with Gasteiger partial charge >= 0.3 is 0 Å². The highest BCUT2D eigenvalue weighted by Gasteiger charge is 2.07. The summed E-state index contributed by atoms with van der Waals surface area (Å²) in [5, 5.41) is 11.4. The first-order valence-electron chi connectivity index (χ1n) is 5.77. The zero-order valence-corrected chi connectivity index (χ0v) is 10.6. The molecule has 0 unspecified atom stereocenters. The lowest BCUT2D eigenvalue weighted by Crippen LogP contribution is -2.32. The van der Waals surface area contributed by atoms with Crippen molar-refractivity contribution in [3.63, 3.8) is 0 Å². The Balaban J connectivity index is 3.81. The molecule has 0 saturated carbocycles. The number of ether oxygens (including phenoxy) is 1. The van der Waals surface area contributed by atoms with Crippen LogP contribution in [0.1, 0.15) is 26.7 Å². The molecule has 0 amide bonds. The summed E-state index contributed by atoms with van der Waals surface area (Å²) >= 11 is 0. The van der Waals surface area contributed by atoms with Gasteiger partial charge in [0.2, 0.25) is 0 Å². The standard InChI is InChI=1S/C11H25N3O2/c1-10(2)9-14(7-8-16-3)6-4-5-11(12)13-15/h10,15H,4-9H2,1-3H3,(H2,12,13). The number of hydrogen-bond acceptors (Lipinski definition) is 4. The summed E-state index contributed by atoms with van der Waals surface area (Å²) in [5.41, 5.74) is 5.42. The van der Waals surface area contributed by atoms with Crippen LogP contribution >= 0.6 is 0 Å². The molecule has 0 aliphatic carbocycles. The van der Waals surface area contributed by atoms with Crippen LogP contribution in [0.5, 0.6) is 0 Å². The maximum atomic E-state index is 8.42. The Morgan fingerprint density at radius 3 is 2.62 bits per heavy atom. The van der Waals surface area contributed by atoms with Crippen molar-refractivity contribution in [2.75, 3.05) is 33.4 Å². The first kappa shape index (κ1) is 15.2. The predicted octanol–water partition coefficient (Wildman–Crippen LogP) is 1.12. The molecule has 0 radical (unpaired) electrons. The highest BCUT2D eigenvalue weighted by Crippen LogP contribution is 2.01. The van der Waals surface area contributed by atoms with Gasteiger partial charge in [0.05, 0.1) is 6.61 Å². The molecule has 0 aromatic heterocycles. The van der Waals surface area contributed by atoms with Crippen LogP contribution < -0.4 is 5.73 Å². The van der Waals surface area contributed by atoms with Gasteiger partial charge < -0.3 is 20.6 Å². The number of oxime groups is 1. The summed E-state index contributed by atoms with van der Waals surface area (Å²) in [6.07, 6.45) is 1.55. The lowest BCUT2D eigenvalue weighted by atomic mass is 10.2. The van der Waals surface area contributed by atoms with Gasteiger partial charge in [0.25, 0.3) is 0 Å². The lowest BCUT2D eigenvalue weighted by molar-refractivity contribution is 0.139. The van der Waals surface area contributed by atoms with Crippen molar-refractivity contribution in [3.05, 3.63) is 0 Å². The Labute approximate surface area is 98.2 Å². The Morgan fingerprint density at radius 1 is 1.44 bits per heavy atom. The quantitative estimate of drug-likeness (QED) is 0.270. The lowest BCUT2D eigenvalue weighted by Gasteiger charge is -2.23. The average Bonchev–Trinajstić information content (AvgIpc) is 2.24. The molecule has 0 aliphatic rings. The third-order valence-corrected chi connectivity index (χ3v) is 2.27. The molecule has 0 spiro atoms. The minimum Gasteiger partial charge on any atom is -0.409 e. The summed E-state index contributed by atoms with van der Waals surface area (Å²) in [5.74, 6) is 0.942. The predicted molar refractivity (Wildman–Crippen MR) is 65.8 cm³/mol. The van der Waals surface area contributed by atoms with Gasteiger partial charge in [-0.15, -0.1) is 0 Å². The van der Waals surface area contributed by atoms with Crippen LogP contribution in [0, 0.1) is 5.92 Å². The van der Waals surface area contributed by atoms with Crippen molar-refractivity contribution in [1.29, 1.82) is 0 Å². The van der Waals surface area contributed by atoms with E-state index in [0.717, 1.165) is 32.7 Å². The molecule has 0 rings (SSSR count). The molecule has 96 valence electrons. The molecular formula is C11H25N3O2. The number of nitrogens with two attached hydrogens (primary N) is 1. The highest BCUT2D eigenvalue weighted by atomic mass is 16.5. The van der Waals surface area contributed by atoms with Crippen molar-refractivity contribution in [2.45, 2.75) is 26.7 Å². The molecule has 3 N–H and O–H groups in total. The summed E-state index contributed by atoms with van der Waals surface area (Å²) < 4.78 is 5.07. The normalized spacial score (nSPS) is 12.7. The van der Waals surface area contributed by atoms with Gasteiger partial charge in [-0.2, -0.15) is 0 Å².